The molecule has 11 nitrogen and oxygen atoms in total. The normalized spacial score (nSPS) is 35.1. The largest absolute Gasteiger partial charge is 0.462 e. The summed E-state index contributed by atoms with van der Waals surface area (Å²) < 4.78 is 24.1. The number of benzene rings is 1. The summed E-state index contributed by atoms with van der Waals surface area (Å²) in [5.41, 5.74) is -4.09. The Labute approximate surface area is 256 Å². The van der Waals surface area contributed by atoms with Crippen LogP contribution in [0.2, 0.25) is 0 Å². The third kappa shape index (κ3) is 5.35. The van der Waals surface area contributed by atoms with Gasteiger partial charge in [-0.05, 0) is 56.0 Å². The molecule has 2 fully saturated rings. The molecule has 3 aliphatic rings. The first-order valence-electron chi connectivity index (χ1n) is 14.6. The van der Waals surface area contributed by atoms with E-state index in [4.69, 9.17) is 18.9 Å². The third-order valence-corrected chi connectivity index (χ3v) is 9.74. The first kappa shape index (κ1) is 33.4. The Morgan fingerprint density at radius 1 is 0.886 bits per heavy atom. The van der Waals surface area contributed by atoms with Crippen molar-refractivity contribution in [1.29, 1.82) is 0 Å². The monoisotopic (exact) mass is 614 g/mol. The quantitative estimate of drug-likeness (QED) is 0.245. The minimum atomic E-state index is -1.77. The predicted octanol–water partition coefficient (Wildman–Crippen LogP) is 2.80. The van der Waals surface area contributed by atoms with Crippen molar-refractivity contribution in [2.75, 3.05) is 0 Å². The second-order valence-corrected chi connectivity index (χ2v) is 12.9. The van der Waals surface area contributed by atoms with Crippen molar-refractivity contribution in [1.82, 2.24) is 0 Å². The molecule has 4 rings (SSSR count). The molecule has 3 aliphatic carbocycles. The molecule has 0 unspecified atom stereocenters. The Morgan fingerprint density at radius 2 is 1.43 bits per heavy atom. The summed E-state index contributed by atoms with van der Waals surface area (Å²) in [5.74, 6) is -4.11. The van der Waals surface area contributed by atoms with Gasteiger partial charge in [-0.15, -0.1) is 0 Å². The summed E-state index contributed by atoms with van der Waals surface area (Å²) >= 11 is 0. The molecule has 2 saturated carbocycles. The highest BCUT2D eigenvalue weighted by Gasteiger charge is 2.73. The maximum atomic E-state index is 13.7. The molecule has 1 aromatic carbocycles. The lowest BCUT2D eigenvalue weighted by Gasteiger charge is -2.55. The van der Waals surface area contributed by atoms with E-state index in [1.165, 1.54) is 34.6 Å². The summed E-state index contributed by atoms with van der Waals surface area (Å²) in [6.07, 6.45) is -8.16. The number of hydrogen-bond donors (Lipinski definition) is 3. The molecule has 0 amide bonds. The fraction of sp³-hybridized carbons (Fsp3) is 0.576. The molecule has 0 spiro atoms. The molecule has 0 aliphatic heterocycles. The van der Waals surface area contributed by atoms with Gasteiger partial charge in [-0.25, -0.2) is 4.79 Å². The fourth-order valence-corrected chi connectivity index (χ4v) is 7.80. The summed E-state index contributed by atoms with van der Waals surface area (Å²) in [5, 5.41) is 34.7. The number of ether oxygens (including phenoxy) is 4. The Bertz CT molecular complexity index is 1380. The zero-order chi connectivity index (χ0) is 32.9. The van der Waals surface area contributed by atoms with Gasteiger partial charge in [0.25, 0.3) is 0 Å². The van der Waals surface area contributed by atoms with Gasteiger partial charge in [0.2, 0.25) is 0 Å². The van der Waals surface area contributed by atoms with Crippen LogP contribution in [-0.2, 0) is 33.3 Å². The average Bonchev–Trinajstić information content (AvgIpc) is 3.15. The highest BCUT2D eigenvalue weighted by molar-refractivity contribution is 5.89. The summed E-state index contributed by atoms with van der Waals surface area (Å²) in [4.78, 5) is 51.9. The molecule has 0 saturated heterocycles. The van der Waals surface area contributed by atoms with Crippen molar-refractivity contribution in [2.24, 2.45) is 16.7 Å². The molecular formula is C33H42O11. The zero-order valence-corrected chi connectivity index (χ0v) is 26.2. The molecule has 0 aromatic heterocycles. The van der Waals surface area contributed by atoms with Gasteiger partial charge < -0.3 is 34.3 Å². The minimum absolute atomic E-state index is 0.147. The van der Waals surface area contributed by atoms with E-state index < -0.39 is 82.8 Å². The van der Waals surface area contributed by atoms with E-state index in [0.29, 0.717) is 5.57 Å². The van der Waals surface area contributed by atoms with E-state index in [1.54, 1.807) is 44.2 Å². The van der Waals surface area contributed by atoms with Crippen molar-refractivity contribution in [3.8, 4) is 0 Å². The number of esters is 4. The standard InChI is InChI=1S/C33H42O11/c1-16-22(37)14-24(41-18(3)34)32(8)26(16)28(42-19(4)35)33(31(6,7)40)15-23(38)17(2)25(33)27(29(32)43-20(5)36)44-30(39)21-12-10-9-11-13-21/h9-13,22-24,26-29,37-38,40H,1,14-15H2,2-8H3/t22-,23+,24+,26+,27-,28-,29+,32-,33+/m1/s1. The Morgan fingerprint density at radius 3 is 1.95 bits per heavy atom. The van der Waals surface area contributed by atoms with Crippen molar-refractivity contribution < 1.29 is 53.4 Å². The van der Waals surface area contributed by atoms with Crippen LogP contribution >= 0.6 is 0 Å². The van der Waals surface area contributed by atoms with Crippen molar-refractivity contribution in [2.45, 2.75) is 104 Å². The van der Waals surface area contributed by atoms with Crippen LogP contribution < -0.4 is 0 Å². The van der Waals surface area contributed by atoms with Gasteiger partial charge in [-0.1, -0.05) is 31.7 Å². The summed E-state index contributed by atoms with van der Waals surface area (Å²) in [6.45, 7) is 13.9. The van der Waals surface area contributed by atoms with Gasteiger partial charge in [0.05, 0.1) is 34.2 Å². The number of rotatable bonds is 6. The topological polar surface area (TPSA) is 166 Å². The molecule has 1 aromatic rings. The highest BCUT2D eigenvalue weighted by Crippen LogP contribution is 2.66. The SMILES string of the molecule is C=C1[C@H](O)C[C@H](OC(C)=O)[C@@]2(C)[C@@H](OC(C)=O)[C@H](OC(=O)c3ccccc3)C3=C(C)[C@@H](O)C[C@@]3(C(C)(C)O)[C@H](OC(C)=O)[C@H]12. The number of fused-ring (bicyclic) bond motifs is 2. The van der Waals surface area contributed by atoms with Gasteiger partial charge in [-0.2, -0.15) is 0 Å². The fourth-order valence-electron chi connectivity index (χ4n) is 7.80. The van der Waals surface area contributed by atoms with Crippen LogP contribution in [0.1, 0.15) is 71.7 Å². The van der Waals surface area contributed by atoms with Gasteiger partial charge in [0.15, 0.2) is 12.2 Å². The summed E-state index contributed by atoms with van der Waals surface area (Å²) in [7, 11) is 0. The number of carbonyl (C=O) groups excluding carboxylic acids is 4. The van der Waals surface area contributed by atoms with E-state index in [9.17, 15) is 34.5 Å². The maximum Gasteiger partial charge on any atom is 0.338 e. The van der Waals surface area contributed by atoms with E-state index in [0.717, 1.165) is 0 Å². The van der Waals surface area contributed by atoms with E-state index in [-0.39, 0.29) is 29.6 Å². The maximum absolute atomic E-state index is 13.7. The second-order valence-electron chi connectivity index (χ2n) is 12.9. The number of aliphatic hydroxyl groups excluding tert-OH is 2. The molecular weight excluding hydrogens is 572 g/mol. The van der Waals surface area contributed by atoms with Crippen LogP contribution in [0.25, 0.3) is 0 Å². The lowest BCUT2D eigenvalue weighted by atomic mass is 9.54. The Hall–Kier alpha value is -3.54. The van der Waals surface area contributed by atoms with Crippen LogP contribution in [0.15, 0.2) is 53.6 Å². The minimum Gasteiger partial charge on any atom is -0.462 e. The van der Waals surface area contributed by atoms with Gasteiger partial charge in [0.1, 0.15) is 12.2 Å². The van der Waals surface area contributed by atoms with Crippen LogP contribution in [-0.4, -0.2) is 81.4 Å². The molecule has 3 N–H and O–H groups in total. The van der Waals surface area contributed by atoms with Crippen molar-refractivity contribution >= 4 is 23.9 Å². The second kappa shape index (κ2) is 11.8. The molecule has 11 heteroatoms. The van der Waals surface area contributed by atoms with Gasteiger partial charge in [0, 0.05) is 33.1 Å². The van der Waals surface area contributed by atoms with Crippen molar-refractivity contribution in [3.05, 3.63) is 59.2 Å². The van der Waals surface area contributed by atoms with Gasteiger partial charge in [-0.3, -0.25) is 14.4 Å². The van der Waals surface area contributed by atoms with E-state index in [2.05, 4.69) is 6.58 Å². The summed E-state index contributed by atoms with van der Waals surface area (Å²) in [6, 6.07) is 8.10. The van der Waals surface area contributed by atoms with Crippen LogP contribution in [0, 0.1) is 16.7 Å². The smallest absolute Gasteiger partial charge is 0.338 e. The van der Waals surface area contributed by atoms with Crippen molar-refractivity contribution in [3.63, 3.8) is 0 Å². The highest BCUT2D eigenvalue weighted by atomic mass is 16.6. The van der Waals surface area contributed by atoms with E-state index in [1.807, 2.05) is 0 Å². The lowest BCUT2D eigenvalue weighted by molar-refractivity contribution is -0.214. The molecule has 44 heavy (non-hydrogen) atoms. The molecule has 0 radical (unpaired) electrons. The zero-order valence-electron chi connectivity index (χ0n) is 26.2. The lowest BCUT2D eigenvalue weighted by Crippen LogP contribution is -2.63. The Balaban J connectivity index is 2.16. The predicted molar refractivity (Wildman–Crippen MR) is 156 cm³/mol. The Kier molecular flexibility index (Phi) is 8.91. The average molecular weight is 615 g/mol. The van der Waals surface area contributed by atoms with Crippen LogP contribution in [0.3, 0.4) is 0 Å². The van der Waals surface area contributed by atoms with Crippen LogP contribution in [0.4, 0.5) is 0 Å². The number of aliphatic hydroxyl groups is 3. The molecule has 240 valence electrons. The third-order valence-electron chi connectivity index (χ3n) is 9.74. The molecule has 0 bridgehead atoms. The molecule has 0 heterocycles. The number of carbonyl (C=O) groups is 4. The molecule has 9 atom stereocenters. The van der Waals surface area contributed by atoms with Gasteiger partial charge >= 0.3 is 23.9 Å². The number of hydrogen-bond acceptors (Lipinski definition) is 11. The van der Waals surface area contributed by atoms with Crippen LogP contribution in [0.5, 0.6) is 0 Å². The first-order valence-corrected chi connectivity index (χ1v) is 14.6. The first-order chi connectivity index (χ1) is 20.4. The van der Waals surface area contributed by atoms with E-state index >= 15 is 0 Å².